The van der Waals surface area contributed by atoms with E-state index in [0.717, 1.165) is 24.8 Å². The van der Waals surface area contributed by atoms with Crippen molar-refractivity contribution >= 4 is 57.7 Å². The molecule has 3 rings (SSSR count). The van der Waals surface area contributed by atoms with Crippen LogP contribution in [0.5, 0.6) is 0 Å². The first-order chi connectivity index (χ1) is 11.7. The number of halogens is 3. The van der Waals surface area contributed by atoms with Crippen molar-refractivity contribution in [1.29, 1.82) is 0 Å². The third-order valence-electron chi connectivity index (χ3n) is 4.87. The summed E-state index contributed by atoms with van der Waals surface area (Å²) >= 11 is 19.9. The van der Waals surface area contributed by atoms with E-state index in [2.05, 4.69) is 26.1 Å². The highest BCUT2D eigenvalue weighted by molar-refractivity contribution is 7.10. The highest BCUT2D eigenvalue weighted by Crippen LogP contribution is 2.41. The second-order valence-corrected chi connectivity index (χ2v) is 9.77. The molecule has 1 aliphatic rings. The maximum Gasteiger partial charge on any atom is 0.256 e. The first-order valence-electron chi connectivity index (χ1n) is 8.22. The van der Waals surface area contributed by atoms with Gasteiger partial charge in [0.2, 0.25) is 0 Å². The first kappa shape index (κ1) is 19.0. The van der Waals surface area contributed by atoms with Crippen LogP contribution >= 0.6 is 46.1 Å². The standard InChI is InChI=1S/C19H20Cl3NOS/c1-19(2,3)10-4-5-12-13(9-25-16(12)6-10)18(24)23-17-14(21)7-11(20)8-15(17)22/h7-10H,4-6H2,1-3H3,(H,23,24). The quantitative estimate of drug-likeness (QED) is 0.555. The molecule has 2 nitrogen and oxygen atoms in total. The summed E-state index contributed by atoms with van der Waals surface area (Å²) in [6.07, 6.45) is 3.08. The van der Waals surface area contributed by atoms with Crippen molar-refractivity contribution in [2.75, 3.05) is 5.32 Å². The van der Waals surface area contributed by atoms with Crippen molar-refractivity contribution in [3.05, 3.63) is 48.6 Å². The lowest BCUT2D eigenvalue weighted by Gasteiger charge is -2.34. The largest absolute Gasteiger partial charge is 0.319 e. The molecule has 0 saturated carbocycles. The number of thiophene rings is 1. The van der Waals surface area contributed by atoms with Gasteiger partial charge in [-0.15, -0.1) is 11.3 Å². The Bertz CT molecular complexity index is 800. The van der Waals surface area contributed by atoms with Gasteiger partial charge in [-0.25, -0.2) is 0 Å². The molecule has 0 spiro atoms. The van der Waals surface area contributed by atoms with Crippen LogP contribution in [-0.4, -0.2) is 5.91 Å². The minimum absolute atomic E-state index is 0.169. The molecule has 0 saturated heterocycles. The van der Waals surface area contributed by atoms with Gasteiger partial charge in [-0.2, -0.15) is 0 Å². The molecule has 25 heavy (non-hydrogen) atoms. The average molecular weight is 417 g/mol. The maximum atomic E-state index is 12.8. The molecule has 6 heteroatoms. The Hall–Kier alpha value is -0.740. The average Bonchev–Trinajstić information content (AvgIpc) is 2.93. The van der Waals surface area contributed by atoms with Gasteiger partial charge in [-0.1, -0.05) is 55.6 Å². The van der Waals surface area contributed by atoms with E-state index in [4.69, 9.17) is 34.8 Å². The zero-order valence-electron chi connectivity index (χ0n) is 14.4. The summed E-state index contributed by atoms with van der Waals surface area (Å²) < 4.78 is 0. The summed E-state index contributed by atoms with van der Waals surface area (Å²) in [5.74, 6) is 0.479. The molecular formula is C19H20Cl3NOS. The van der Waals surface area contributed by atoms with Gasteiger partial charge in [0.25, 0.3) is 5.91 Å². The fraction of sp³-hybridized carbons (Fsp3) is 0.421. The van der Waals surface area contributed by atoms with Gasteiger partial charge in [0.05, 0.1) is 21.3 Å². The van der Waals surface area contributed by atoms with Crippen molar-refractivity contribution < 1.29 is 4.79 Å². The summed E-state index contributed by atoms with van der Waals surface area (Å²) in [6, 6.07) is 3.14. The molecule has 2 aromatic rings. The van der Waals surface area contributed by atoms with Gasteiger partial charge in [-0.05, 0) is 48.3 Å². The lowest BCUT2D eigenvalue weighted by molar-refractivity contribution is 0.102. The number of hydrogen-bond donors (Lipinski definition) is 1. The number of rotatable bonds is 2. The predicted molar refractivity (Wildman–Crippen MR) is 109 cm³/mol. The Balaban J connectivity index is 1.83. The molecule has 1 atom stereocenters. The van der Waals surface area contributed by atoms with Crippen LogP contribution in [0.25, 0.3) is 0 Å². The van der Waals surface area contributed by atoms with Crippen LogP contribution in [0.3, 0.4) is 0 Å². The van der Waals surface area contributed by atoms with Crippen LogP contribution in [0.15, 0.2) is 17.5 Å². The topological polar surface area (TPSA) is 29.1 Å². The molecule has 0 bridgehead atoms. The molecule has 1 N–H and O–H groups in total. The third-order valence-corrected chi connectivity index (χ3v) is 6.74. The molecular weight excluding hydrogens is 397 g/mol. The van der Waals surface area contributed by atoms with E-state index in [9.17, 15) is 4.79 Å². The van der Waals surface area contributed by atoms with Gasteiger partial charge in [0, 0.05) is 15.3 Å². The van der Waals surface area contributed by atoms with E-state index in [0.29, 0.717) is 26.7 Å². The fourth-order valence-corrected chi connectivity index (χ4v) is 5.36. The predicted octanol–water partition coefficient (Wildman–Crippen LogP) is 7.11. The summed E-state index contributed by atoms with van der Waals surface area (Å²) in [5.41, 5.74) is 2.59. The summed E-state index contributed by atoms with van der Waals surface area (Å²) in [4.78, 5) is 14.1. The van der Waals surface area contributed by atoms with Crippen LogP contribution in [0.4, 0.5) is 5.69 Å². The van der Waals surface area contributed by atoms with E-state index in [1.165, 1.54) is 10.4 Å². The number of fused-ring (bicyclic) bond motifs is 1. The van der Waals surface area contributed by atoms with Gasteiger partial charge < -0.3 is 5.32 Å². The monoisotopic (exact) mass is 415 g/mol. The molecule has 1 amide bonds. The molecule has 1 unspecified atom stereocenters. The molecule has 134 valence electrons. The first-order valence-corrected chi connectivity index (χ1v) is 10.2. The smallest absolute Gasteiger partial charge is 0.256 e. The Morgan fingerprint density at radius 3 is 2.44 bits per heavy atom. The lowest BCUT2D eigenvalue weighted by atomic mass is 9.72. The van der Waals surface area contributed by atoms with Crippen LogP contribution < -0.4 is 5.32 Å². The van der Waals surface area contributed by atoms with Gasteiger partial charge >= 0.3 is 0 Å². The maximum absolute atomic E-state index is 12.8. The highest BCUT2D eigenvalue weighted by atomic mass is 35.5. The second-order valence-electron chi connectivity index (χ2n) is 7.56. The molecule has 1 aliphatic carbocycles. The second kappa shape index (κ2) is 7.11. The van der Waals surface area contributed by atoms with Crippen molar-refractivity contribution in [3.8, 4) is 0 Å². The Kier molecular flexibility index (Phi) is 5.41. The number of carbonyl (C=O) groups is 1. The van der Waals surface area contributed by atoms with Crippen molar-refractivity contribution in [1.82, 2.24) is 0 Å². The van der Waals surface area contributed by atoms with Gasteiger partial charge in [0.1, 0.15) is 0 Å². The van der Waals surface area contributed by atoms with Crippen LogP contribution in [0.1, 0.15) is 48.0 Å². The van der Waals surface area contributed by atoms with Crippen molar-refractivity contribution in [3.63, 3.8) is 0 Å². The van der Waals surface area contributed by atoms with E-state index >= 15 is 0 Å². The molecule has 1 heterocycles. The fourth-order valence-electron chi connectivity index (χ4n) is 3.28. The minimum Gasteiger partial charge on any atom is -0.319 e. The molecule has 0 radical (unpaired) electrons. The summed E-state index contributed by atoms with van der Waals surface area (Å²) in [7, 11) is 0. The number of hydrogen-bond acceptors (Lipinski definition) is 2. The number of nitrogens with one attached hydrogen (secondary N) is 1. The third kappa shape index (κ3) is 4.00. The zero-order chi connectivity index (χ0) is 18.4. The number of anilines is 1. The van der Waals surface area contributed by atoms with E-state index in [1.807, 2.05) is 5.38 Å². The van der Waals surface area contributed by atoms with Crippen LogP contribution in [0.2, 0.25) is 15.1 Å². The molecule has 1 aromatic heterocycles. The number of amides is 1. The summed E-state index contributed by atoms with van der Waals surface area (Å²) in [5, 5.41) is 5.90. The molecule has 1 aromatic carbocycles. The van der Waals surface area contributed by atoms with E-state index < -0.39 is 0 Å². The minimum atomic E-state index is -0.169. The Labute approximate surface area is 167 Å². The molecule has 0 aliphatic heterocycles. The van der Waals surface area contributed by atoms with Crippen molar-refractivity contribution in [2.45, 2.75) is 40.0 Å². The number of carbonyl (C=O) groups excluding carboxylic acids is 1. The SMILES string of the molecule is CC(C)(C)C1CCc2c(C(=O)Nc3c(Cl)cc(Cl)cc3Cl)csc2C1. The zero-order valence-corrected chi connectivity index (χ0v) is 17.5. The lowest BCUT2D eigenvalue weighted by Crippen LogP contribution is -2.27. The van der Waals surface area contributed by atoms with Gasteiger partial charge in [-0.3, -0.25) is 4.79 Å². The normalized spacial score (nSPS) is 17.3. The van der Waals surface area contributed by atoms with Crippen LogP contribution in [-0.2, 0) is 12.8 Å². The van der Waals surface area contributed by atoms with E-state index in [-0.39, 0.29) is 11.3 Å². The van der Waals surface area contributed by atoms with E-state index in [1.54, 1.807) is 23.5 Å². The Morgan fingerprint density at radius 2 is 1.84 bits per heavy atom. The molecule has 0 fully saturated rings. The Morgan fingerprint density at radius 1 is 1.20 bits per heavy atom. The van der Waals surface area contributed by atoms with Gasteiger partial charge in [0.15, 0.2) is 0 Å². The number of benzene rings is 1. The summed E-state index contributed by atoms with van der Waals surface area (Å²) in [6.45, 7) is 6.86. The van der Waals surface area contributed by atoms with Crippen molar-refractivity contribution in [2.24, 2.45) is 11.3 Å². The highest BCUT2D eigenvalue weighted by Gasteiger charge is 2.31. The van der Waals surface area contributed by atoms with Crippen LogP contribution in [0, 0.1) is 11.3 Å².